The second kappa shape index (κ2) is 6.23. The maximum absolute atomic E-state index is 12.1. The van der Waals surface area contributed by atoms with E-state index < -0.39 is 0 Å². The third kappa shape index (κ3) is 3.05. The van der Waals surface area contributed by atoms with Crippen molar-refractivity contribution in [3.8, 4) is 22.5 Å². The van der Waals surface area contributed by atoms with Crippen molar-refractivity contribution in [1.82, 2.24) is 0 Å². The summed E-state index contributed by atoms with van der Waals surface area (Å²) in [5.41, 5.74) is 3.14. The van der Waals surface area contributed by atoms with Crippen LogP contribution in [0, 0.1) is 6.92 Å². The minimum Gasteiger partial charge on any atom is -0.460 e. The molecule has 0 aliphatic carbocycles. The molecule has 0 amide bonds. The number of hydrogen-bond donors (Lipinski definition) is 0. The summed E-state index contributed by atoms with van der Waals surface area (Å²) in [5.74, 6) is 1.23. The van der Waals surface area contributed by atoms with Gasteiger partial charge in [-0.3, -0.25) is 4.79 Å². The molecule has 0 fully saturated rings. The Bertz CT molecular complexity index is 860. The summed E-state index contributed by atoms with van der Waals surface area (Å²) in [4.78, 5) is 12.1. The van der Waals surface area contributed by atoms with Crippen LogP contribution in [-0.2, 0) is 0 Å². The molecule has 3 rings (SSSR count). The van der Waals surface area contributed by atoms with Gasteiger partial charge in [0, 0.05) is 21.2 Å². The highest BCUT2D eigenvalue weighted by molar-refractivity contribution is 6.31. The first-order valence-electron chi connectivity index (χ1n) is 7.13. The van der Waals surface area contributed by atoms with E-state index in [2.05, 4.69) is 0 Å². The molecule has 116 valence electrons. The van der Waals surface area contributed by atoms with E-state index in [1.165, 1.54) is 0 Å². The summed E-state index contributed by atoms with van der Waals surface area (Å²) >= 11 is 11.9. The van der Waals surface area contributed by atoms with E-state index in [9.17, 15) is 4.79 Å². The van der Waals surface area contributed by atoms with Crippen LogP contribution in [0.2, 0.25) is 10.0 Å². The maximum Gasteiger partial charge on any atom is 0.163 e. The molecule has 23 heavy (non-hydrogen) atoms. The zero-order chi connectivity index (χ0) is 16.6. The smallest absolute Gasteiger partial charge is 0.163 e. The summed E-state index contributed by atoms with van der Waals surface area (Å²) in [6.45, 7) is 3.35. The van der Waals surface area contributed by atoms with Crippen molar-refractivity contribution < 1.29 is 9.21 Å². The monoisotopic (exact) mass is 344 g/mol. The number of benzene rings is 2. The first-order chi connectivity index (χ1) is 11.0. The predicted molar refractivity (Wildman–Crippen MR) is 94.3 cm³/mol. The SMILES string of the molecule is CC(=O)c1c(C)oc(-c2ccc(Cl)cc2)c1-c1ccc(Cl)cc1. The first-order valence-corrected chi connectivity index (χ1v) is 7.89. The fourth-order valence-electron chi connectivity index (χ4n) is 2.67. The van der Waals surface area contributed by atoms with Crippen LogP contribution < -0.4 is 0 Å². The van der Waals surface area contributed by atoms with Gasteiger partial charge in [0.15, 0.2) is 5.78 Å². The lowest BCUT2D eigenvalue weighted by molar-refractivity contribution is 0.101. The molecule has 2 nitrogen and oxygen atoms in total. The van der Waals surface area contributed by atoms with Crippen molar-refractivity contribution in [2.75, 3.05) is 0 Å². The molecule has 0 unspecified atom stereocenters. The lowest BCUT2D eigenvalue weighted by atomic mass is 9.95. The molecule has 0 aliphatic heterocycles. The van der Waals surface area contributed by atoms with Crippen LogP contribution in [-0.4, -0.2) is 5.78 Å². The van der Waals surface area contributed by atoms with Gasteiger partial charge in [-0.15, -0.1) is 0 Å². The van der Waals surface area contributed by atoms with Crippen molar-refractivity contribution in [2.45, 2.75) is 13.8 Å². The molecule has 2 aromatic carbocycles. The normalized spacial score (nSPS) is 10.8. The van der Waals surface area contributed by atoms with E-state index in [0.717, 1.165) is 16.7 Å². The Kier molecular flexibility index (Phi) is 4.29. The number of Topliss-reactive ketones (excluding diaryl/α,β-unsaturated/α-hetero) is 1. The van der Waals surface area contributed by atoms with Crippen molar-refractivity contribution in [1.29, 1.82) is 0 Å². The number of carbonyl (C=O) groups excluding carboxylic acids is 1. The number of aryl methyl sites for hydroxylation is 1. The molecule has 0 aliphatic rings. The molecule has 0 saturated heterocycles. The average Bonchev–Trinajstić information content (AvgIpc) is 2.86. The van der Waals surface area contributed by atoms with E-state index in [4.69, 9.17) is 27.6 Å². The summed E-state index contributed by atoms with van der Waals surface area (Å²) in [5, 5.41) is 1.29. The minimum absolute atomic E-state index is 0.0311. The van der Waals surface area contributed by atoms with Gasteiger partial charge in [-0.1, -0.05) is 35.3 Å². The highest BCUT2D eigenvalue weighted by Crippen LogP contribution is 2.39. The van der Waals surface area contributed by atoms with Gasteiger partial charge in [-0.2, -0.15) is 0 Å². The molecular formula is C19H14Cl2O2. The maximum atomic E-state index is 12.1. The standard InChI is InChI=1S/C19H14Cl2O2/c1-11(22)17-12(2)23-19(14-5-9-16(21)10-6-14)18(17)13-3-7-15(20)8-4-13/h3-10H,1-2H3. The summed E-state index contributed by atoms with van der Waals surface area (Å²) in [7, 11) is 0. The highest BCUT2D eigenvalue weighted by atomic mass is 35.5. The molecule has 0 N–H and O–H groups in total. The van der Waals surface area contributed by atoms with E-state index in [0.29, 0.717) is 27.1 Å². The van der Waals surface area contributed by atoms with Crippen molar-refractivity contribution >= 4 is 29.0 Å². The van der Waals surface area contributed by atoms with Crippen LogP contribution in [0.1, 0.15) is 23.0 Å². The Labute approximate surface area is 144 Å². The van der Waals surface area contributed by atoms with Crippen molar-refractivity contribution in [2.24, 2.45) is 0 Å². The second-order valence-electron chi connectivity index (χ2n) is 5.31. The zero-order valence-electron chi connectivity index (χ0n) is 12.7. The van der Waals surface area contributed by atoms with Crippen LogP contribution in [0.4, 0.5) is 0 Å². The molecule has 0 radical (unpaired) electrons. The largest absolute Gasteiger partial charge is 0.460 e. The number of furan rings is 1. The van der Waals surface area contributed by atoms with Crippen LogP contribution in [0.3, 0.4) is 0 Å². The predicted octanol–water partition coefficient (Wildman–Crippen LogP) is 6.43. The van der Waals surface area contributed by atoms with E-state index in [1.807, 2.05) is 24.3 Å². The van der Waals surface area contributed by atoms with Gasteiger partial charge in [0.25, 0.3) is 0 Å². The van der Waals surface area contributed by atoms with Gasteiger partial charge >= 0.3 is 0 Å². The number of hydrogen-bond acceptors (Lipinski definition) is 2. The Hall–Kier alpha value is -2.03. The van der Waals surface area contributed by atoms with E-state index >= 15 is 0 Å². The van der Waals surface area contributed by atoms with Gasteiger partial charge in [-0.25, -0.2) is 0 Å². The molecule has 0 bridgehead atoms. The number of halogens is 2. The summed E-state index contributed by atoms with van der Waals surface area (Å²) in [6, 6.07) is 14.7. The minimum atomic E-state index is -0.0311. The Balaban J connectivity index is 2.28. The first kappa shape index (κ1) is 15.9. The fourth-order valence-corrected chi connectivity index (χ4v) is 2.92. The molecule has 0 atom stereocenters. The van der Waals surface area contributed by atoms with Crippen LogP contribution in [0.15, 0.2) is 52.9 Å². The van der Waals surface area contributed by atoms with Gasteiger partial charge in [0.1, 0.15) is 11.5 Å². The molecule has 0 spiro atoms. The van der Waals surface area contributed by atoms with Gasteiger partial charge in [0.2, 0.25) is 0 Å². The topological polar surface area (TPSA) is 30.2 Å². The Morgan fingerprint density at radius 3 is 1.83 bits per heavy atom. The van der Waals surface area contributed by atoms with Crippen LogP contribution >= 0.6 is 23.2 Å². The summed E-state index contributed by atoms with van der Waals surface area (Å²) in [6.07, 6.45) is 0. The number of ketones is 1. The molecule has 1 aromatic heterocycles. The molecule has 1 heterocycles. The molecule has 4 heteroatoms. The van der Waals surface area contributed by atoms with E-state index in [1.54, 1.807) is 38.1 Å². The van der Waals surface area contributed by atoms with Gasteiger partial charge in [-0.05, 0) is 55.8 Å². The van der Waals surface area contributed by atoms with Crippen LogP contribution in [0.25, 0.3) is 22.5 Å². The third-order valence-electron chi connectivity index (χ3n) is 3.68. The zero-order valence-corrected chi connectivity index (χ0v) is 14.2. The fraction of sp³-hybridized carbons (Fsp3) is 0.105. The Morgan fingerprint density at radius 2 is 1.35 bits per heavy atom. The quantitative estimate of drug-likeness (QED) is 0.512. The van der Waals surface area contributed by atoms with Gasteiger partial charge in [0.05, 0.1) is 5.56 Å². The van der Waals surface area contributed by atoms with Crippen LogP contribution in [0.5, 0.6) is 0 Å². The Morgan fingerprint density at radius 1 is 0.870 bits per heavy atom. The molecule has 0 saturated carbocycles. The summed E-state index contributed by atoms with van der Waals surface area (Å²) < 4.78 is 5.92. The number of rotatable bonds is 3. The van der Waals surface area contributed by atoms with Crippen molar-refractivity contribution in [3.05, 3.63) is 69.9 Å². The number of carbonyl (C=O) groups is 1. The van der Waals surface area contributed by atoms with Crippen molar-refractivity contribution in [3.63, 3.8) is 0 Å². The van der Waals surface area contributed by atoms with Gasteiger partial charge < -0.3 is 4.42 Å². The van der Waals surface area contributed by atoms with E-state index in [-0.39, 0.29) is 5.78 Å². The molecular weight excluding hydrogens is 331 g/mol. The third-order valence-corrected chi connectivity index (χ3v) is 4.18. The molecule has 3 aromatic rings. The highest BCUT2D eigenvalue weighted by Gasteiger charge is 2.23. The lowest BCUT2D eigenvalue weighted by Crippen LogP contribution is -1.95. The average molecular weight is 345 g/mol. The lowest BCUT2D eigenvalue weighted by Gasteiger charge is -2.06. The second-order valence-corrected chi connectivity index (χ2v) is 6.18.